The van der Waals surface area contributed by atoms with E-state index in [1.807, 2.05) is 0 Å². The summed E-state index contributed by atoms with van der Waals surface area (Å²) in [6, 6.07) is 16.4. The number of nitrogens with one attached hydrogen (secondary N) is 3. The largest absolute Gasteiger partial charge is 0.322 e. The molecule has 2 aromatic carbocycles. The summed E-state index contributed by atoms with van der Waals surface area (Å²) in [4.78, 5) is 20.7. The summed E-state index contributed by atoms with van der Waals surface area (Å²) in [6.45, 7) is 3.47. The minimum absolute atomic E-state index is 0.0222. The van der Waals surface area contributed by atoms with Gasteiger partial charge in [-0.1, -0.05) is 6.07 Å². The zero-order chi connectivity index (χ0) is 25.9. The van der Waals surface area contributed by atoms with E-state index in [0.717, 1.165) is 11.3 Å². The molecular weight excluding hydrogens is 522 g/mol. The third-order valence-electron chi connectivity index (χ3n) is 4.79. The number of sulfonamides is 2. The fourth-order valence-electron chi connectivity index (χ4n) is 3.18. The van der Waals surface area contributed by atoms with Crippen LogP contribution in [0.15, 0.2) is 81.2 Å². The Balaban J connectivity index is 1.40. The van der Waals surface area contributed by atoms with Gasteiger partial charge in [0, 0.05) is 28.3 Å². The highest BCUT2D eigenvalue weighted by Crippen LogP contribution is 2.21. The SMILES string of the molecule is Cc1cc(C)nc(NS(=O)(=O)c2ccc(NC(=O)c3ccc(NS(=O)(=O)c4cccs4)cc3)cc2)n1. The number of carbonyl (C=O) groups excluding carboxylic acids is 1. The second kappa shape index (κ2) is 10.0. The molecule has 0 saturated carbocycles. The predicted octanol–water partition coefficient (Wildman–Crippen LogP) is 4.01. The van der Waals surface area contributed by atoms with Crippen LogP contribution < -0.4 is 14.8 Å². The van der Waals surface area contributed by atoms with E-state index in [0.29, 0.717) is 28.3 Å². The van der Waals surface area contributed by atoms with Crippen LogP contribution in [0.1, 0.15) is 21.7 Å². The van der Waals surface area contributed by atoms with Crippen molar-refractivity contribution >= 4 is 54.6 Å². The highest BCUT2D eigenvalue weighted by atomic mass is 32.2. The predicted molar refractivity (Wildman–Crippen MR) is 138 cm³/mol. The van der Waals surface area contributed by atoms with E-state index >= 15 is 0 Å². The summed E-state index contributed by atoms with van der Waals surface area (Å²) in [5, 5.41) is 4.34. The lowest BCUT2D eigenvalue weighted by Gasteiger charge is -2.10. The summed E-state index contributed by atoms with van der Waals surface area (Å²) in [5.41, 5.74) is 2.25. The van der Waals surface area contributed by atoms with Crippen molar-refractivity contribution in [1.82, 2.24) is 9.97 Å². The summed E-state index contributed by atoms with van der Waals surface area (Å²) in [5.74, 6) is -0.467. The molecule has 0 unspecified atom stereocenters. The molecule has 1 amide bonds. The number of aromatic nitrogens is 2. The molecule has 0 fully saturated rings. The number of rotatable bonds is 8. The molecule has 2 heterocycles. The van der Waals surface area contributed by atoms with Gasteiger partial charge in [-0.15, -0.1) is 11.3 Å². The van der Waals surface area contributed by atoms with Crippen molar-refractivity contribution in [3.05, 3.63) is 89.1 Å². The highest BCUT2D eigenvalue weighted by molar-refractivity contribution is 7.94. The van der Waals surface area contributed by atoms with Crippen LogP contribution in [0.4, 0.5) is 17.3 Å². The van der Waals surface area contributed by atoms with Crippen LogP contribution in [0, 0.1) is 13.8 Å². The van der Waals surface area contributed by atoms with Gasteiger partial charge in [-0.3, -0.25) is 9.52 Å². The Kier molecular flexibility index (Phi) is 7.06. The monoisotopic (exact) mass is 543 g/mol. The lowest BCUT2D eigenvalue weighted by atomic mass is 10.2. The Morgan fingerprint density at radius 3 is 1.97 bits per heavy atom. The van der Waals surface area contributed by atoms with Crippen LogP contribution in [-0.2, 0) is 20.0 Å². The molecule has 13 heteroatoms. The molecule has 0 aliphatic carbocycles. The van der Waals surface area contributed by atoms with Gasteiger partial charge in [0.1, 0.15) is 4.21 Å². The van der Waals surface area contributed by atoms with Crippen molar-refractivity contribution < 1.29 is 21.6 Å². The summed E-state index contributed by atoms with van der Waals surface area (Å²) < 4.78 is 54.9. The quantitative estimate of drug-likeness (QED) is 0.304. The van der Waals surface area contributed by atoms with E-state index in [2.05, 4.69) is 24.7 Å². The highest BCUT2D eigenvalue weighted by Gasteiger charge is 2.17. The summed E-state index contributed by atoms with van der Waals surface area (Å²) in [6.07, 6.45) is 0. The van der Waals surface area contributed by atoms with E-state index in [1.54, 1.807) is 31.4 Å². The van der Waals surface area contributed by atoms with Crippen LogP contribution in [0.25, 0.3) is 0 Å². The topological polar surface area (TPSA) is 147 Å². The molecule has 4 rings (SSSR count). The maximum atomic E-state index is 12.7. The molecule has 0 saturated heterocycles. The molecule has 186 valence electrons. The molecule has 0 radical (unpaired) electrons. The van der Waals surface area contributed by atoms with Gasteiger partial charge in [0.15, 0.2) is 0 Å². The Morgan fingerprint density at radius 1 is 0.778 bits per heavy atom. The molecule has 10 nitrogen and oxygen atoms in total. The van der Waals surface area contributed by atoms with Crippen LogP contribution >= 0.6 is 11.3 Å². The smallest absolute Gasteiger partial charge is 0.271 e. The normalized spacial score (nSPS) is 11.6. The summed E-state index contributed by atoms with van der Waals surface area (Å²) in [7, 11) is -7.61. The van der Waals surface area contributed by atoms with Crippen LogP contribution in [-0.4, -0.2) is 32.7 Å². The maximum Gasteiger partial charge on any atom is 0.271 e. The Hall–Kier alpha value is -3.81. The maximum absolute atomic E-state index is 12.7. The van der Waals surface area contributed by atoms with Crippen molar-refractivity contribution in [3.63, 3.8) is 0 Å². The van der Waals surface area contributed by atoms with Crippen molar-refractivity contribution in [1.29, 1.82) is 0 Å². The number of hydrogen-bond acceptors (Lipinski definition) is 8. The molecule has 0 aliphatic rings. The number of amides is 1. The van der Waals surface area contributed by atoms with E-state index in [9.17, 15) is 21.6 Å². The molecular formula is C23H21N5O5S3. The van der Waals surface area contributed by atoms with E-state index in [-0.39, 0.29) is 15.1 Å². The third-order valence-corrected chi connectivity index (χ3v) is 8.91. The number of aryl methyl sites for hydroxylation is 2. The Bertz CT molecular complexity index is 1580. The van der Waals surface area contributed by atoms with E-state index < -0.39 is 26.0 Å². The fraction of sp³-hybridized carbons (Fsp3) is 0.0870. The van der Waals surface area contributed by atoms with Crippen molar-refractivity contribution in [2.45, 2.75) is 23.0 Å². The zero-order valence-corrected chi connectivity index (χ0v) is 21.5. The average molecular weight is 544 g/mol. The minimum Gasteiger partial charge on any atom is -0.322 e. The fourth-order valence-corrected chi connectivity index (χ4v) is 6.18. The van der Waals surface area contributed by atoms with Crippen molar-refractivity contribution in [2.75, 3.05) is 14.8 Å². The first-order valence-corrected chi connectivity index (χ1v) is 14.3. The molecule has 0 aliphatic heterocycles. The first kappa shape index (κ1) is 25.3. The second-order valence-electron chi connectivity index (χ2n) is 7.67. The number of thiophene rings is 1. The number of anilines is 3. The van der Waals surface area contributed by atoms with Crippen LogP contribution in [0.5, 0.6) is 0 Å². The number of carbonyl (C=O) groups is 1. The standard InChI is InChI=1S/C23H21N5O5S3/c1-15-14-16(2)25-23(24-15)28-35(30,31)20-11-9-18(10-12-20)26-22(29)17-5-7-19(8-6-17)27-36(32,33)21-4-3-13-34-21/h3-14,27H,1-2H3,(H,26,29)(H,24,25,28). The van der Waals surface area contributed by atoms with Crippen LogP contribution in [0.2, 0.25) is 0 Å². The van der Waals surface area contributed by atoms with Gasteiger partial charge >= 0.3 is 0 Å². The molecule has 0 bridgehead atoms. The van der Waals surface area contributed by atoms with Gasteiger partial charge in [-0.05, 0) is 79.9 Å². The number of benzene rings is 2. The van der Waals surface area contributed by atoms with Crippen molar-refractivity contribution in [2.24, 2.45) is 0 Å². The van der Waals surface area contributed by atoms with Crippen molar-refractivity contribution in [3.8, 4) is 0 Å². The molecule has 0 atom stereocenters. The van der Waals surface area contributed by atoms with Gasteiger partial charge in [0.2, 0.25) is 5.95 Å². The Labute approximate surface area is 212 Å². The molecule has 36 heavy (non-hydrogen) atoms. The molecule has 3 N–H and O–H groups in total. The van der Waals surface area contributed by atoms with Gasteiger partial charge < -0.3 is 5.32 Å². The van der Waals surface area contributed by atoms with E-state index in [1.165, 1.54) is 54.6 Å². The molecule has 2 aromatic heterocycles. The van der Waals surface area contributed by atoms with E-state index in [4.69, 9.17) is 0 Å². The first-order valence-electron chi connectivity index (χ1n) is 10.4. The number of hydrogen-bond donors (Lipinski definition) is 3. The average Bonchev–Trinajstić information content (AvgIpc) is 3.35. The lowest BCUT2D eigenvalue weighted by Crippen LogP contribution is -2.16. The van der Waals surface area contributed by atoms with Gasteiger partial charge in [0.25, 0.3) is 26.0 Å². The van der Waals surface area contributed by atoms with Gasteiger partial charge in [0.05, 0.1) is 4.90 Å². The van der Waals surface area contributed by atoms with Gasteiger partial charge in [-0.2, -0.15) is 0 Å². The van der Waals surface area contributed by atoms with Crippen LogP contribution in [0.3, 0.4) is 0 Å². The first-order chi connectivity index (χ1) is 17.0. The number of nitrogens with zero attached hydrogens (tertiary/aromatic N) is 2. The Morgan fingerprint density at radius 2 is 1.39 bits per heavy atom. The molecule has 0 spiro atoms. The summed E-state index contributed by atoms with van der Waals surface area (Å²) >= 11 is 1.10. The molecule has 4 aromatic rings. The minimum atomic E-state index is -3.92. The zero-order valence-electron chi connectivity index (χ0n) is 19.1. The third kappa shape index (κ3) is 6.05. The second-order valence-corrected chi connectivity index (χ2v) is 12.2. The lowest BCUT2D eigenvalue weighted by molar-refractivity contribution is 0.102. The van der Waals surface area contributed by atoms with Gasteiger partial charge in [-0.25, -0.2) is 31.5 Å².